The topological polar surface area (TPSA) is 103 Å². The molecule has 20 heavy (non-hydrogen) atoms. The van der Waals surface area contributed by atoms with E-state index in [1.807, 2.05) is 0 Å². The Kier molecular flexibility index (Phi) is 4.72. The zero-order valence-corrected chi connectivity index (χ0v) is 11.8. The second-order valence-corrected chi connectivity index (χ2v) is 5.25. The van der Waals surface area contributed by atoms with Gasteiger partial charge in [0.15, 0.2) is 5.69 Å². The standard InChI is InChI=1S/C13H22N4O3/c1-2-20-12(18)11-10(8-14)17(16-15-11)9-13(19)6-4-3-5-7-13/h19H,2-9,14H2,1H3. The lowest BCUT2D eigenvalue weighted by molar-refractivity contribution is -0.0153. The highest BCUT2D eigenvalue weighted by Crippen LogP contribution is 2.29. The van der Waals surface area contributed by atoms with Crippen LogP contribution in [0.1, 0.15) is 55.2 Å². The highest BCUT2D eigenvalue weighted by Gasteiger charge is 2.32. The summed E-state index contributed by atoms with van der Waals surface area (Å²) in [6, 6.07) is 0. The lowest BCUT2D eigenvalue weighted by atomic mass is 9.85. The van der Waals surface area contributed by atoms with Crippen LogP contribution in [0.4, 0.5) is 0 Å². The number of aliphatic hydroxyl groups is 1. The van der Waals surface area contributed by atoms with Gasteiger partial charge in [0.05, 0.1) is 24.4 Å². The molecular formula is C13H22N4O3. The summed E-state index contributed by atoms with van der Waals surface area (Å²) in [6.45, 7) is 2.47. The van der Waals surface area contributed by atoms with E-state index in [1.54, 1.807) is 6.92 Å². The molecule has 0 radical (unpaired) electrons. The molecule has 0 unspecified atom stereocenters. The second-order valence-electron chi connectivity index (χ2n) is 5.25. The Labute approximate surface area is 118 Å². The minimum atomic E-state index is -0.776. The third kappa shape index (κ3) is 3.16. The first-order valence-electron chi connectivity index (χ1n) is 7.11. The van der Waals surface area contributed by atoms with Crippen molar-refractivity contribution in [3.63, 3.8) is 0 Å². The number of hydrogen-bond acceptors (Lipinski definition) is 6. The number of rotatable bonds is 5. The first kappa shape index (κ1) is 14.9. The summed E-state index contributed by atoms with van der Waals surface area (Å²) in [6.07, 6.45) is 4.65. The van der Waals surface area contributed by atoms with Gasteiger partial charge in [0.1, 0.15) is 0 Å². The van der Waals surface area contributed by atoms with Gasteiger partial charge < -0.3 is 15.6 Å². The summed E-state index contributed by atoms with van der Waals surface area (Å²) < 4.78 is 6.47. The molecule has 0 bridgehead atoms. The van der Waals surface area contributed by atoms with Gasteiger partial charge in [-0.1, -0.05) is 24.5 Å². The molecule has 1 saturated carbocycles. The van der Waals surface area contributed by atoms with Crippen molar-refractivity contribution in [3.8, 4) is 0 Å². The largest absolute Gasteiger partial charge is 0.461 e. The van der Waals surface area contributed by atoms with Crippen LogP contribution in [0.25, 0.3) is 0 Å². The van der Waals surface area contributed by atoms with E-state index in [2.05, 4.69) is 10.3 Å². The van der Waals surface area contributed by atoms with E-state index in [4.69, 9.17) is 10.5 Å². The number of ether oxygens (including phenoxy) is 1. The van der Waals surface area contributed by atoms with Crippen LogP contribution in [-0.4, -0.2) is 38.3 Å². The van der Waals surface area contributed by atoms with Crippen LogP contribution in [0, 0.1) is 0 Å². The van der Waals surface area contributed by atoms with E-state index in [1.165, 1.54) is 4.68 Å². The molecule has 0 spiro atoms. The van der Waals surface area contributed by atoms with Gasteiger partial charge in [-0.15, -0.1) is 5.10 Å². The highest BCUT2D eigenvalue weighted by molar-refractivity contribution is 5.88. The van der Waals surface area contributed by atoms with Crippen molar-refractivity contribution in [2.24, 2.45) is 5.73 Å². The maximum absolute atomic E-state index is 11.8. The number of nitrogens with two attached hydrogens (primary N) is 1. The molecule has 1 fully saturated rings. The summed E-state index contributed by atoms with van der Waals surface area (Å²) in [4.78, 5) is 11.8. The van der Waals surface area contributed by atoms with Gasteiger partial charge in [0, 0.05) is 6.54 Å². The highest BCUT2D eigenvalue weighted by atomic mass is 16.5. The fourth-order valence-corrected chi connectivity index (χ4v) is 2.67. The third-order valence-corrected chi connectivity index (χ3v) is 3.73. The molecule has 0 saturated heterocycles. The minimum Gasteiger partial charge on any atom is -0.461 e. The van der Waals surface area contributed by atoms with Crippen molar-refractivity contribution in [2.45, 2.75) is 57.7 Å². The van der Waals surface area contributed by atoms with E-state index in [-0.39, 0.29) is 18.8 Å². The summed E-state index contributed by atoms with van der Waals surface area (Å²) >= 11 is 0. The third-order valence-electron chi connectivity index (χ3n) is 3.73. The molecular weight excluding hydrogens is 260 g/mol. The van der Waals surface area contributed by atoms with Crippen molar-refractivity contribution in [1.29, 1.82) is 0 Å². The number of nitrogens with zero attached hydrogens (tertiary/aromatic N) is 3. The van der Waals surface area contributed by atoms with E-state index in [0.717, 1.165) is 32.1 Å². The number of carbonyl (C=O) groups excluding carboxylic acids is 1. The van der Waals surface area contributed by atoms with Crippen LogP contribution in [0.3, 0.4) is 0 Å². The maximum atomic E-state index is 11.8. The molecule has 1 aromatic heterocycles. The Morgan fingerprint density at radius 3 is 2.75 bits per heavy atom. The van der Waals surface area contributed by atoms with Crippen LogP contribution in [0.2, 0.25) is 0 Å². The van der Waals surface area contributed by atoms with Crippen molar-refractivity contribution >= 4 is 5.97 Å². The smallest absolute Gasteiger partial charge is 0.360 e. The van der Waals surface area contributed by atoms with Crippen LogP contribution >= 0.6 is 0 Å². The van der Waals surface area contributed by atoms with Gasteiger partial charge >= 0.3 is 5.97 Å². The fraction of sp³-hybridized carbons (Fsp3) is 0.769. The summed E-state index contributed by atoms with van der Waals surface area (Å²) in [5, 5.41) is 18.4. The minimum absolute atomic E-state index is 0.136. The molecule has 1 heterocycles. The number of hydrogen-bond donors (Lipinski definition) is 2. The zero-order chi connectivity index (χ0) is 14.6. The molecule has 0 aliphatic heterocycles. The Bertz CT molecular complexity index is 466. The van der Waals surface area contributed by atoms with Crippen molar-refractivity contribution < 1.29 is 14.6 Å². The quantitative estimate of drug-likeness (QED) is 0.767. The zero-order valence-electron chi connectivity index (χ0n) is 11.8. The van der Waals surface area contributed by atoms with E-state index >= 15 is 0 Å². The first-order chi connectivity index (χ1) is 9.59. The van der Waals surface area contributed by atoms with E-state index < -0.39 is 11.6 Å². The fourth-order valence-electron chi connectivity index (χ4n) is 2.67. The van der Waals surface area contributed by atoms with Gasteiger partial charge in [0.2, 0.25) is 0 Å². The van der Waals surface area contributed by atoms with Crippen LogP contribution in [-0.2, 0) is 17.8 Å². The maximum Gasteiger partial charge on any atom is 0.360 e. The molecule has 112 valence electrons. The normalized spacial score (nSPS) is 17.9. The van der Waals surface area contributed by atoms with Crippen LogP contribution in [0.5, 0.6) is 0 Å². The predicted octanol–water partition coefficient (Wildman–Crippen LogP) is 0.609. The molecule has 0 aromatic carbocycles. The molecule has 0 atom stereocenters. The molecule has 7 nitrogen and oxygen atoms in total. The molecule has 2 rings (SSSR count). The van der Waals surface area contributed by atoms with Crippen molar-refractivity contribution in [1.82, 2.24) is 15.0 Å². The Hall–Kier alpha value is -1.47. The summed E-state index contributed by atoms with van der Waals surface area (Å²) in [5.41, 5.74) is 5.58. The van der Waals surface area contributed by atoms with Gasteiger partial charge in [-0.05, 0) is 19.8 Å². The van der Waals surface area contributed by atoms with E-state index in [0.29, 0.717) is 12.2 Å². The van der Waals surface area contributed by atoms with Gasteiger partial charge in [0.25, 0.3) is 0 Å². The SMILES string of the molecule is CCOC(=O)c1nnn(CC2(O)CCCCC2)c1CN. The molecule has 1 aromatic rings. The lowest BCUT2D eigenvalue weighted by Gasteiger charge is -2.32. The monoisotopic (exact) mass is 282 g/mol. The average Bonchev–Trinajstić information content (AvgIpc) is 2.82. The molecule has 0 amide bonds. The summed E-state index contributed by atoms with van der Waals surface area (Å²) in [5.74, 6) is -0.519. The Balaban J connectivity index is 2.17. The van der Waals surface area contributed by atoms with E-state index in [9.17, 15) is 9.90 Å². The Morgan fingerprint density at radius 1 is 1.45 bits per heavy atom. The lowest BCUT2D eigenvalue weighted by Crippen LogP contribution is -2.37. The van der Waals surface area contributed by atoms with Gasteiger partial charge in [-0.3, -0.25) is 0 Å². The molecule has 1 aliphatic rings. The first-order valence-corrected chi connectivity index (χ1v) is 7.11. The molecule has 1 aliphatic carbocycles. The predicted molar refractivity (Wildman–Crippen MR) is 71.9 cm³/mol. The van der Waals surface area contributed by atoms with Crippen LogP contribution in [0.15, 0.2) is 0 Å². The number of esters is 1. The molecule has 3 N–H and O–H groups in total. The Morgan fingerprint density at radius 2 is 2.15 bits per heavy atom. The van der Waals surface area contributed by atoms with Gasteiger partial charge in [-0.2, -0.15) is 0 Å². The van der Waals surface area contributed by atoms with Crippen LogP contribution < -0.4 is 5.73 Å². The molecule has 7 heteroatoms. The second kappa shape index (κ2) is 6.32. The number of aromatic nitrogens is 3. The van der Waals surface area contributed by atoms with Crippen molar-refractivity contribution in [3.05, 3.63) is 11.4 Å². The number of carbonyl (C=O) groups is 1. The summed E-state index contributed by atoms with van der Waals surface area (Å²) in [7, 11) is 0. The van der Waals surface area contributed by atoms with Gasteiger partial charge in [-0.25, -0.2) is 9.48 Å². The van der Waals surface area contributed by atoms with Crippen molar-refractivity contribution in [2.75, 3.05) is 6.61 Å². The average molecular weight is 282 g/mol.